The molecule has 3 aromatic rings. The third-order valence-corrected chi connectivity index (χ3v) is 4.48. The fourth-order valence-corrected chi connectivity index (χ4v) is 3.00. The van der Waals surface area contributed by atoms with Crippen LogP contribution in [0.2, 0.25) is 5.02 Å². The maximum Gasteiger partial charge on any atom is 0.188 e. The summed E-state index contributed by atoms with van der Waals surface area (Å²) in [5, 5.41) is 14.3. The molecule has 120 valence electrons. The van der Waals surface area contributed by atoms with Gasteiger partial charge in [0.1, 0.15) is 6.33 Å². The summed E-state index contributed by atoms with van der Waals surface area (Å²) in [6.45, 7) is 2.79. The van der Waals surface area contributed by atoms with Gasteiger partial charge in [-0.2, -0.15) is 5.10 Å². The largest absolute Gasteiger partial charge is 0.299 e. The number of aryl methyl sites for hydroxylation is 1. The highest BCUT2D eigenvalue weighted by Gasteiger charge is 2.17. The Morgan fingerprint density at radius 3 is 2.52 bits per heavy atom. The summed E-state index contributed by atoms with van der Waals surface area (Å²) in [4.78, 5) is 4.01. The van der Waals surface area contributed by atoms with Gasteiger partial charge in [0.2, 0.25) is 0 Å². The third-order valence-electron chi connectivity index (χ3n) is 3.57. The maximum atomic E-state index is 5.95. The highest BCUT2D eigenvalue weighted by Crippen LogP contribution is 2.27. The van der Waals surface area contributed by atoms with E-state index in [1.54, 1.807) is 4.68 Å². The van der Waals surface area contributed by atoms with Gasteiger partial charge in [-0.05, 0) is 37.6 Å². The summed E-state index contributed by atoms with van der Waals surface area (Å²) in [7, 11) is 0. The molecule has 0 aliphatic heterocycles. The summed E-state index contributed by atoms with van der Waals surface area (Å²) < 4.78 is 3.76. The third kappa shape index (κ3) is 3.54. The Bertz CT molecular complexity index is 798. The van der Waals surface area contributed by atoms with E-state index in [-0.39, 0.29) is 6.04 Å². The summed E-state index contributed by atoms with van der Waals surface area (Å²) in [5.74, 6) is 0.767. The minimum Gasteiger partial charge on any atom is -0.299 e. The number of nitrogens with zero attached hydrogens (tertiary/aromatic N) is 6. The van der Waals surface area contributed by atoms with Crippen molar-refractivity contribution in [1.82, 2.24) is 29.5 Å². The first kappa shape index (κ1) is 16.4. The number of rotatable bonds is 5. The molecular formula is C14H15ClN6S2. The van der Waals surface area contributed by atoms with E-state index in [2.05, 4.69) is 52.5 Å². The lowest BCUT2D eigenvalue weighted by Crippen LogP contribution is -2.12. The number of halogens is 1. The Morgan fingerprint density at radius 1 is 1.13 bits per heavy atom. The number of aromatic nitrogens is 6. The molecule has 1 atom stereocenters. The Labute approximate surface area is 149 Å². The van der Waals surface area contributed by atoms with Crippen LogP contribution in [0.3, 0.4) is 0 Å². The molecule has 0 bridgehead atoms. The molecule has 1 unspecified atom stereocenters. The van der Waals surface area contributed by atoms with E-state index in [0.717, 1.165) is 17.8 Å². The van der Waals surface area contributed by atoms with Crippen LogP contribution in [-0.4, -0.2) is 29.5 Å². The zero-order valence-corrected chi connectivity index (χ0v) is 14.9. The van der Waals surface area contributed by atoms with Crippen LogP contribution < -0.4 is 0 Å². The standard InChI is InChI=1S/C14H15ClN6S2/c1-9(6-7-20-13(22)16-8-17-20)21-12(18-19-14(21)23)10-2-4-11(15)5-3-10/h2-5,8-9H,6-7H2,1H3,(H,19,23)(H,16,17,22). The molecule has 0 radical (unpaired) electrons. The van der Waals surface area contributed by atoms with Crippen molar-refractivity contribution in [3.63, 3.8) is 0 Å². The Morgan fingerprint density at radius 2 is 1.87 bits per heavy atom. The monoisotopic (exact) mass is 366 g/mol. The Balaban J connectivity index is 1.83. The first-order valence-electron chi connectivity index (χ1n) is 7.03. The van der Waals surface area contributed by atoms with Crippen molar-refractivity contribution in [2.45, 2.75) is 36.2 Å². The fraction of sp³-hybridized carbons (Fsp3) is 0.286. The van der Waals surface area contributed by atoms with Crippen molar-refractivity contribution in [3.05, 3.63) is 35.6 Å². The Kier molecular flexibility index (Phi) is 4.93. The van der Waals surface area contributed by atoms with Gasteiger partial charge in [0.25, 0.3) is 0 Å². The Hall–Kier alpha value is -1.51. The van der Waals surface area contributed by atoms with Gasteiger partial charge < -0.3 is 0 Å². The molecule has 9 heteroatoms. The lowest BCUT2D eigenvalue weighted by molar-refractivity contribution is 0.415. The fourth-order valence-electron chi connectivity index (χ4n) is 2.34. The number of hydrogen-bond acceptors (Lipinski definition) is 6. The van der Waals surface area contributed by atoms with Gasteiger partial charge in [-0.1, -0.05) is 11.6 Å². The number of benzene rings is 1. The van der Waals surface area contributed by atoms with Gasteiger partial charge in [-0.15, -0.1) is 35.5 Å². The summed E-state index contributed by atoms with van der Waals surface area (Å²) >= 11 is 14.6. The lowest BCUT2D eigenvalue weighted by atomic mass is 10.2. The predicted octanol–water partition coefficient (Wildman–Crippen LogP) is 3.42. The molecular weight excluding hydrogens is 352 g/mol. The van der Waals surface area contributed by atoms with Crippen LogP contribution in [0, 0.1) is 0 Å². The van der Waals surface area contributed by atoms with Crippen LogP contribution in [0.15, 0.2) is 40.9 Å². The molecule has 3 rings (SSSR count). The molecule has 1 aromatic carbocycles. The molecule has 0 spiro atoms. The highest BCUT2D eigenvalue weighted by atomic mass is 35.5. The van der Waals surface area contributed by atoms with Gasteiger partial charge >= 0.3 is 0 Å². The zero-order valence-electron chi connectivity index (χ0n) is 12.3. The van der Waals surface area contributed by atoms with Crippen LogP contribution in [0.1, 0.15) is 19.4 Å². The van der Waals surface area contributed by atoms with Gasteiger partial charge in [-0.3, -0.25) is 4.57 Å². The van der Waals surface area contributed by atoms with Crippen molar-refractivity contribution in [2.75, 3.05) is 0 Å². The van der Waals surface area contributed by atoms with Crippen molar-refractivity contribution in [1.29, 1.82) is 0 Å². The average molecular weight is 367 g/mol. The van der Waals surface area contributed by atoms with Crippen LogP contribution in [0.25, 0.3) is 11.4 Å². The molecule has 0 saturated heterocycles. The van der Waals surface area contributed by atoms with Crippen molar-refractivity contribution < 1.29 is 0 Å². The average Bonchev–Trinajstić information content (AvgIpc) is 3.12. The molecule has 6 nitrogen and oxygen atoms in total. The molecule has 0 fully saturated rings. The van der Waals surface area contributed by atoms with Gasteiger partial charge in [0.15, 0.2) is 16.1 Å². The molecule has 0 saturated carbocycles. The minimum absolute atomic E-state index is 0.139. The van der Waals surface area contributed by atoms with E-state index in [4.69, 9.17) is 11.6 Å². The van der Waals surface area contributed by atoms with Gasteiger partial charge in [0, 0.05) is 23.2 Å². The minimum atomic E-state index is 0.139. The van der Waals surface area contributed by atoms with E-state index in [1.807, 2.05) is 28.8 Å². The maximum absolute atomic E-state index is 5.95. The quantitative estimate of drug-likeness (QED) is 0.679. The molecule has 0 amide bonds. The second-order valence-electron chi connectivity index (χ2n) is 5.12. The molecule has 2 aromatic heterocycles. The zero-order chi connectivity index (χ0) is 16.4. The van der Waals surface area contributed by atoms with Gasteiger partial charge in [0.05, 0.1) is 0 Å². The van der Waals surface area contributed by atoms with E-state index in [9.17, 15) is 0 Å². The topological polar surface area (TPSA) is 61.4 Å². The normalized spacial score (nSPS) is 12.5. The summed E-state index contributed by atoms with van der Waals surface area (Å²) in [6.07, 6.45) is 2.32. The molecule has 0 N–H and O–H groups in total. The van der Waals surface area contributed by atoms with Crippen molar-refractivity contribution in [2.24, 2.45) is 0 Å². The second-order valence-corrected chi connectivity index (χ2v) is 6.36. The summed E-state index contributed by atoms with van der Waals surface area (Å²) in [5.41, 5.74) is 0.949. The number of thiol groups is 2. The molecule has 23 heavy (non-hydrogen) atoms. The van der Waals surface area contributed by atoms with E-state index >= 15 is 0 Å². The van der Waals surface area contributed by atoms with Crippen molar-refractivity contribution in [3.8, 4) is 11.4 Å². The first-order chi connectivity index (χ1) is 11.1. The second kappa shape index (κ2) is 6.94. The lowest BCUT2D eigenvalue weighted by Gasteiger charge is -2.17. The first-order valence-corrected chi connectivity index (χ1v) is 8.30. The van der Waals surface area contributed by atoms with E-state index < -0.39 is 0 Å². The van der Waals surface area contributed by atoms with Crippen LogP contribution >= 0.6 is 36.9 Å². The molecule has 0 aliphatic rings. The molecule has 0 aliphatic carbocycles. The SMILES string of the molecule is CC(CCn1ncnc1S)n1c(S)nnc1-c1ccc(Cl)cc1. The molecule has 2 heterocycles. The highest BCUT2D eigenvalue weighted by molar-refractivity contribution is 7.80. The van der Waals surface area contributed by atoms with Crippen LogP contribution in [0.5, 0.6) is 0 Å². The summed E-state index contributed by atoms with van der Waals surface area (Å²) in [6, 6.07) is 7.65. The van der Waals surface area contributed by atoms with E-state index in [1.165, 1.54) is 6.33 Å². The number of hydrogen-bond donors (Lipinski definition) is 2. The van der Waals surface area contributed by atoms with E-state index in [0.29, 0.717) is 21.9 Å². The van der Waals surface area contributed by atoms with Crippen LogP contribution in [0.4, 0.5) is 0 Å². The smallest absolute Gasteiger partial charge is 0.188 e. The predicted molar refractivity (Wildman–Crippen MR) is 94.3 cm³/mol. The van der Waals surface area contributed by atoms with Gasteiger partial charge in [-0.25, -0.2) is 9.67 Å². The van der Waals surface area contributed by atoms with Crippen molar-refractivity contribution >= 4 is 36.9 Å². The van der Waals surface area contributed by atoms with Crippen LogP contribution in [-0.2, 0) is 6.54 Å².